The van der Waals surface area contributed by atoms with E-state index in [0.717, 1.165) is 18.9 Å². The molecule has 2 atom stereocenters. The van der Waals surface area contributed by atoms with Gasteiger partial charge in [0.2, 0.25) is 0 Å². The second-order valence-corrected chi connectivity index (χ2v) is 4.67. The van der Waals surface area contributed by atoms with Crippen LogP contribution in [0, 0.1) is 5.92 Å². The monoisotopic (exact) mass is 214 g/mol. The summed E-state index contributed by atoms with van der Waals surface area (Å²) in [5.74, 6) is 0.904. The molecule has 2 N–H and O–H groups in total. The predicted molar refractivity (Wildman–Crippen MR) is 64.0 cm³/mol. The molecule has 1 aliphatic heterocycles. The largest absolute Gasteiger partial charge is 0.395 e. The van der Waals surface area contributed by atoms with Crippen molar-refractivity contribution in [3.63, 3.8) is 0 Å². The minimum atomic E-state index is 0.252. The van der Waals surface area contributed by atoms with Crippen molar-refractivity contribution in [3.8, 4) is 0 Å². The summed E-state index contributed by atoms with van der Waals surface area (Å²) < 4.78 is 0. The number of piperidine rings is 1. The third-order valence-corrected chi connectivity index (χ3v) is 3.60. The van der Waals surface area contributed by atoms with Crippen LogP contribution in [0.3, 0.4) is 0 Å². The molecule has 1 fully saturated rings. The highest BCUT2D eigenvalue weighted by atomic mass is 16.3. The van der Waals surface area contributed by atoms with Crippen LogP contribution >= 0.6 is 0 Å². The average molecular weight is 214 g/mol. The zero-order chi connectivity index (χ0) is 11.1. The normalized spacial score (nSPS) is 25.4. The summed E-state index contributed by atoms with van der Waals surface area (Å²) in [5, 5.41) is 12.2. The standard InChI is InChI=1S/C12H26N2O/c1-3-11-5-4-7-14(9-11)8-6-12(10-15)13-2/h11-13,15H,3-10H2,1-2H3. The van der Waals surface area contributed by atoms with E-state index in [1.54, 1.807) is 0 Å². The molecule has 1 rings (SSSR count). The Morgan fingerprint density at radius 1 is 1.53 bits per heavy atom. The van der Waals surface area contributed by atoms with Gasteiger partial charge in [0.05, 0.1) is 6.61 Å². The zero-order valence-electron chi connectivity index (χ0n) is 10.2. The van der Waals surface area contributed by atoms with Gasteiger partial charge in [-0.1, -0.05) is 13.3 Å². The van der Waals surface area contributed by atoms with E-state index < -0.39 is 0 Å². The van der Waals surface area contributed by atoms with Crippen molar-refractivity contribution in [1.29, 1.82) is 0 Å². The lowest BCUT2D eigenvalue weighted by molar-refractivity contribution is 0.155. The van der Waals surface area contributed by atoms with E-state index >= 15 is 0 Å². The van der Waals surface area contributed by atoms with Crippen molar-refractivity contribution in [1.82, 2.24) is 10.2 Å². The first-order valence-electron chi connectivity index (χ1n) is 6.30. The van der Waals surface area contributed by atoms with Crippen LogP contribution in [-0.2, 0) is 0 Å². The SMILES string of the molecule is CCC1CCCN(CCC(CO)NC)C1. The van der Waals surface area contributed by atoms with Crippen LogP contribution in [0.15, 0.2) is 0 Å². The Labute approximate surface area is 93.9 Å². The number of rotatable bonds is 6. The topological polar surface area (TPSA) is 35.5 Å². The van der Waals surface area contributed by atoms with Crippen molar-refractivity contribution in [2.24, 2.45) is 5.92 Å². The Hall–Kier alpha value is -0.120. The lowest BCUT2D eigenvalue weighted by atomic mass is 9.95. The number of nitrogens with one attached hydrogen (secondary N) is 1. The Kier molecular flexibility index (Phi) is 6.22. The van der Waals surface area contributed by atoms with Gasteiger partial charge in [0.1, 0.15) is 0 Å². The van der Waals surface area contributed by atoms with Crippen molar-refractivity contribution in [2.45, 2.75) is 38.6 Å². The molecule has 2 unspecified atom stereocenters. The van der Waals surface area contributed by atoms with Gasteiger partial charge in [-0.25, -0.2) is 0 Å². The number of nitrogens with zero attached hydrogens (tertiary/aromatic N) is 1. The summed E-state index contributed by atoms with van der Waals surface area (Å²) in [5.41, 5.74) is 0. The van der Waals surface area contributed by atoms with E-state index in [1.807, 2.05) is 7.05 Å². The number of likely N-dealkylation sites (tertiary alicyclic amines) is 1. The molecule has 0 spiro atoms. The Balaban J connectivity index is 2.20. The molecule has 3 nitrogen and oxygen atoms in total. The van der Waals surface area contributed by atoms with Crippen LogP contribution in [0.25, 0.3) is 0 Å². The van der Waals surface area contributed by atoms with Crippen LogP contribution in [0.2, 0.25) is 0 Å². The molecular formula is C12H26N2O. The second-order valence-electron chi connectivity index (χ2n) is 4.67. The molecule has 15 heavy (non-hydrogen) atoms. The third-order valence-electron chi connectivity index (χ3n) is 3.60. The summed E-state index contributed by atoms with van der Waals surface area (Å²) >= 11 is 0. The highest BCUT2D eigenvalue weighted by Gasteiger charge is 2.18. The van der Waals surface area contributed by atoms with E-state index in [2.05, 4.69) is 17.1 Å². The van der Waals surface area contributed by atoms with Gasteiger partial charge in [-0.2, -0.15) is 0 Å². The predicted octanol–water partition coefficient (Wildman–Crippen LogP) is 1.08. The molecule has 0 amide bonds. The first-order valence-corrected chi connectivity index (χ1v) is 6.30. The molecule has 0 aromatic heterocycles. The molecule has 0 radical (unpaired) electrons. The molecule has 3 heteroatoms. The Bertz CT molecular complexity index is 160. The maximum Gasteiger partial charge on any atom is 0.0585 e. The van der Waals surface area contributed by atoms with Crippen LogP contribution in [0.1, 0.15) is 32.6 Å². The number of aliphatic hydroxyl groups excluding tert-OH is 1. The number of hydrogen-bond donors (Lipinski definition) is 2. The van der Waals surface area contributed by atoms with Gasteiger partial charge in [-0.15, -0.1) is 0 Å². The smallest absolute Gasteiger partial charge is 0.0585 e. The second kappa shape index (κ2) is 7.20. The highest BCUT2D eigenvalue weighted by Crippen LogP contribution is 2.19. The maximum atomic E-state index is 9.07. The van der Waals surface area contributed by atoms with Crippen LogP contribution in [0.5, 0.6) is 0 Å². The third kappa shape index (κ3) is 4.49. The van der Waals surface area contributed by atoms with E-state index in [-0.39, 0.29) is 12.6 Å². The quantitative estimate of drug-likeness (QED) is 0.694. The Morgan fingerprint density at radius 3 is 2.93 bits per heavy atom. The van der Waals surface area contributed by atoms with E-state index in [9.17, 15) is 0 Å². The van der Waals surface area contributed by atoms with Crippen molar-refractivity contribution >= 4 is 0 Å². The number of hydrogen-bond acceptors (Lipinski definition) is 3. The Morgan fingerprint density at radius 2 is 2.33 bits per heavy atom. The molecule has 1 saturated heterocycles. The summed E-state index contributed by atoms with van der Waals surface area (Å²) in [4.78, 5) is 2.55. The zero-order valence-corrected chi connectivity index (χ0v) is 10.2. The molecule has 0 aliphatic carbocycles. The van der Waals surface area contributed by atoms with Gasteiger partial charge in [0.15, 0.2) is 0 Å². The van der Waals surface area contributed by atoms with Gasteiger partial charge in [-0.05, 0) is 45.3 Å². The van der Waals surface area contributed by atoms with Gasteiger partial charge in [0.25, 0.3) is 0 Å². The number of likely N-dealkylation sites (N-methyl/N-ethyl adjacent to an activating group) is 1. The van der Waals surface area contributed by atoms with E-state index in [1.165, 1.54) is 32.4 Å². The molecular weight excluding hydrogens is 188 g/mol. The maximum absolute atomic E-state index is 9.07. The van der Waals surface area contributed by atoms with Crippen LogP contribution < -0.4 is 5.32 Å². The average Bonchev–Trinajstić information content (AvgIpc) is 2.31. The van der Waals surface area contributed by atoms with Crippen LogP contribution in [0.4, 0.5) is 0 Å². The summed E-state index contributed by atoms with van der Waals surface area (Å²) in [6.07, 6.45) is 5.12. The summed E-state index contributed by atoms with van der Waals surface area (Å²) in [7, 11) is 1.92. The minimum Gasteiger partial charge on any atom is -0.395 e. The molecule has 0 aromatic carbocycles. The van der Waals surface area contributed by atoms with Gasteiger partial charge >= 0.3 is 0 Å². The van der Waals surface area contributed by atoms with Crippen molar-refractivity contribution in [2.75, 3.05) is 33.3 Å². The van der Waals surface area contributed by atoms with Crippen LogP contribution in [-0.4, -0.2) is 49.3 Å². The van der Waals surface area contributed by atoms with E-state index in [4.69, 9.17) is 5.11 Å². The molecule has 0 bridgehead atoms. The fourth-order valence-electron chi connectivity index (χ4n) is 2.35. The summed E-state index contributed by atoms with van der Waals surface area (Å²) in [6.45, 7) is 6.18. The molecule has 90 valence electrons. The van der Waals surface area contributed by atoms with Gasteiger partial charge < -0.3 is 15.3 Å². The van der Waals surface area contributed by atoms with Crippen molar-refractivity contribution in [3.05, 3.63) is 0 Å². The first kappa shape index (κ1) is 12.9. The fraction of sp³-hybridized carbons (Fsp3) is 1.00. The molecule has 0 saturated carbocycles. The van der Waals surface area contributed by atoms with E-state index in [0.29, 0.717) is 0 Å². The highest BCUT2D eigenvalue weighted by molar-refractivity contribution is 4.74. The minimum absolute atomic E-state index is 0.252. The fourth-order valence-corrected chi connectivity index (χ4v) is 2.35. The van der Waals surface area contributed by atoms with Gasteiger partial charge in [-0.3, -0.25) is 0 Å². The summed E-state index contributed by atoms with van der Waals surface area (Å²) in [6, 6.07) is 0.270. The lowest BCUT2D eigenvalue weighted by Crippen LogP contribution is -2.39. The van der Waals surface area contributed by atoms with Gasteiger partial charge in [0, 0.05) is 12.6 Å². The first-order chi connectivity index (χ1) is 7.30. The number of aliphatic hydroxyl groups is 1. The molecule has 1 heterocycles. The molecule has 0 aromatic rings. The molecule has 1 aliphatic rings. The van der Waals surface area contributed by atoms with Crippen molar-refractivity contribution < 1.29 is 5.11 Å². The lowest BCUT2D eigenvalue weighted by Gasteiger charge is -2.33.